The molecule has 0 bridgehead atoms. The zero-order valence-corrected chi connectivity index (χ0v) is 13.2. The van der Waals surface area contributed by atoms with E-state index >= 15 is 0 Å². The lowest BCUT2D eigenvalue weighted by molar-refractivity contribution is 0.743. The maximum absolute atomic E-state index is 12.8. The lowest BCUT2D eigenvalue weighted by atomic mass is 10.00. The van der Waals surface area contributed by atoms with E-state index in [1.807, 2.05) is 31.2 Å². The molecule has 110 valence electrons. The molecule has 0 amide bonds. The normalized spacial score (nSPS) is 12.7. The quantitative estimate of drug-likeness (QED) is 0.671. The summed E-state index contributed by atoms with van der Waals surface area (Å²) in [5.74, 6) is 0. The highest BCUT2D eigenvalue weighted by Crippen LogP contribution is 2.34. The van der Waals surface area contributed by atoms with E-state index < -0.39 is 0 Å². The Hall–Kier alpha value is -2.26. The number of halogens is 1. The van der Waals surface area contributed by atoms with Crippen molar-refractivity contribution >= 4 is 28.1 Å². The number of nitrogens with one attached hydrogen (secondary N) is 1. The van der Waals surface area contributed by atoms with E-state index in [1.54, 1.807) is 4.57 Å². The van der Waals surface area contributed by atoms with Crippen LogP contribution in [0.25, 0.3) is 22.0 Å². The fourth-order valence-corrected chi connectivity index (χ4v) is 3.23. The van der Waals surface area contributed by atoms with Gasteiger partial charge in [-0.25, -0.2) is 0 Å². The van der Waals surface area contributed by atoms with Crippen molar-refractivity contribution in [3.63, 3.8) is 0 Å². The summed E-state index contributed by atoms with van der Waals surface area (Å²) in [6.45, 7) is 4.57. The summed E-state index contributed by atoms with van der Waals surface area (Å²) in [6.07, 6.45) is 0. The fraction of sp³-hybridized carbons (Fsp3) is 0.167. The first-order valence-corrected chi connectivity index (χ1v) is 7.61. The van der Waals surface area contributed by atoms with E-state index in [2.05, 4.69) is 24.4 Å². The number of aryl methyl sites for hydroxylation is 2. The number of pyridine rings is 1. The minimum Gasteiger partial charge on any atom is -0.367 e. The van der Waals surface area contributed by atoms with Gasteiger partial charge in [-0.15, -0.1) is 0 Å². The van der Waals surface area contributed by atoms with Crippen LogP contribution in [-0.2, 0) is 6.67 Å². The molecule has 1 aliphatic rings. The first-order chi connectivity index (χ1) is 10.5. The molecule has 0 unspecified atom stereocenters. The summed E-state index contributed by atoms with van der Waals surface area (Å²) in [5.41, 5.74) is 5.29. The molecule has 0 saturated carbocycles. The van der Waals surface area contributed by atoms with Crippen molar-refractivity contribution in [3.05, 3.63) is 62.9 Å². The summed E-state index contributed by atoms with van der Waals surface area (Å²) in [6, 6.07) is 11.9. The highest BCUT2D eigenvalue weighted by atomic mass is 35.5. The molecule has 4 rings (SSSR count). The van der Waals surface area contributed by atoms with Gasteiger partial charge >= 0.3 is 0 Å². The predicted octanol–water partition coefficient (Wildman–Crippen LogP) is 4.32. The molecule has 22 heavy (non-hydrogen) atoms. The Bertz CT molecular complexity index is 989. The van der Waals surface area contributed by atoms with Crippen LogP contribution < -0.4 is 10.9 Å². The van der Waals surface area contributed by atoms with Crippen LogP contribution in [0.2, 0.25) is 5.02 Å². The van der Waals surface area contributed by atoms with Gasteiger partial charge < -0.3 is 5.32 Å². The maximum atomic E-state index is 12.8. The first kappa shape index (κ1) is 13.4. The number of nitrogens with zero attached hydrogens (tertiary/aromatic N) is 1. The number of hydrogen-bond donors (Lipinski definition) is 1. The Labute approximate surface area is 133 Å². The van der Waals surface area contributed by atoms with Gasteiger partial charge in [0.2, 0.25) is 0 Å². The van der Waals surface area contributed by atoms with Gasteiger partial charge in [0.1, 0.15) is 0 Å². The van der Waals surface area contributed by atoms with Crippen molar-refractivity contribution in [2.24, 2.45) is 0 Å². The number of hydrogen-bond acceptors (Lipinski definition) is 2. The second-order valence-corrected chi connectivity index (χ2v) is 6.25. The summed E-state index contributed by atoms with van der Waals surface area (Å²) < 4.78 is 1.79. The van der Waals surface area contributed by atoms with Gasteiger partial charge in [-0.2, -0.15) is 0 Å². The zero-order valence-electron chi connectivity index (χ0n) is 12.4. The molecular formula is C18H15ClN2O. The molecule has 1 N–H and O–H groups in total. The van der Waals surface area contributed by atoms with Gasteiger partial charge in [0.25, 0.3) is 5.56 Å². The highest BCUT2D eigenvalue weighted by Gasteiger charge is 2.18. The number of aromatic nitrogens is 1. The SMILES string of the molecule is Cc1cc2cc3n(c(=O)c2cc1C)CNc1cc(Cl)ccc1-3. The monoisotopic (exact) mass is 310 g/mol. The van der Waals surface area contributed by atoms with E-state index in [0.29, 0.717) is 11.7 Å². The smallest absolute Gasteiger partial charge is 0.260 e. The fourth-order valence-electron chi connectivity index (χ4n) is 3.05. The second kappa shape index (κ2) is 4.62. The molecule has 1 aliphatic heterocycles. The van der Waals surface area contributed by atoms with Gasteiger partial charge in [-0.05, 0) is 60.7 Å². The lowest BCUT2D eigenvalue weighted by Gasteiger charge is -2.24. The van der Waals surface area contributed by atoms with Gasteiger partial charge in [-0.1, -0.05) is 17.7 Å². The van der Waals surface area contributed by atoms with Crippen LogP contribution in [-0.4, -0.2) is 4.57 Å². The molecular weight excluding hydrogens is 296 g/mol. The predicted molar refractivity (Wildman–Crippen MR) is 91.8 cm³/mol. The Morgan fingerprint density at radius 1 is 1.09 bits per heavy atom. The Kier molecular flexibility index (Phi) is 2.81. The Morgan fingerprint density at radius 2 is 1.86 bits per heavy atom. The highest BCUT2D eigenvalue weighted by molar-refractivity contribution is 6.31. The van der Waals surface area contributed by atoms with Crippen molar-refractivity contribution in [2.75, 3.05) is 5.32 Å². The van der Waals surface area contributed by atoms with E-state index in [0.717, 1.165) is 33.3 Å². The summed E-state index contributed by atoms with van der Waals surface area (Å²) in [4.78, 5) is 12.8. The van der Waals surface area contributed by atoms with Crippen LogP contribution in [0.3, 0.4) is 0 Å². The first-order valence-electron chi connectivity index (χ1n) is 7.23. The van der Waals surface area contributed by atoms with Crippen LogP contribution in [0.4, 0.5) is 5.69 Å². The standard InChI is InChI=1S/C18H15ClN2O/c1-10-5-12-7-17-14-4-3-13(19)8-16(14)20-9-21(17)18(22)15(12)6-11(10)2/h3-8,20H,9H2,1-2H3. The van der Waals surface area contributed by atoms with Crippen LogP contribution in [0.1, 0.15) is 11.1 Å². The van der Waals surface area contributed by atoms with Gasteiger partial charge in [0.15, 0.2) is 0 Å². The average Bonchev–Trinajstić information content (AvgIpc) is 2.49. The molecule has 3 aromatic rings. The van der Waals surface area contributed by atoms with Crippen LogP contribution in [0.15, 0.2) is 41.2 Å². The van der Waals surface area contributed by atoms with E-state index in [-0.39, 0.29) is 5.56 Å². The number of fused-ring (bicyclic) bond motifs is 4. The van der Waals surface area contributed by atoms with Gasteiger partial charge in [0, 0.05) is 21.7 Å². The molecule has 0 atom stereocenters. The van der Waals surface area contributed by atoms with Crippen LogP contribution in [0.5, 0.6) is 0 Å². The van der Waals surface area contributed by atoms with Crippen molar-refractivity contribution < 1.29 is 0 Å². The van der Waals surface area contributed by atoms with Crippen molar-refractivity contribution in [1.82, 2.24) is 4.57 Å². The number of rotatable bonds is 0. The molecule has 0 fully saturated rings. The molecule has 2 heterocycles. The summed E-state index contributed by atoms with van der Waals surface area (Å²) in [5, 5.41) is 5.72. The zero-order chi connectivity index (χ0) is 15.4. The maximum Gasteiger partial charge on any atom is 0.260 e. The Morgan fingerprint density at radius 3 is 2.68 bits per heavy atom. The third kappa shape index (κ3) is 1.86. The molecule has 1 aromatic heterocycles. The molecule has 4 heteroatoms. The molecule has 0 aliphatic carbocycles. The summed E-state index contributed by atoms with van der Waals surface area (Å²) >= 11 is 6.06. The molecule has 0 spiro atoms. The number of anilines is 1. The minimum atomic E-state index is 0.0451. The van der Waals surface area contributed by atoms with Crippen molar-refractivity contribution in [3.8, 4) is 11.3 Å². The lowest BCUT2D eigenvalue weighted by Crippen LogP contribution is -2.28. The molecule has 0 radical (unpaired) electrons. The topological polar surface area (TPSA) is 34.0 Å². The number of benzene rings is 2. The largest absolute Gasteiger partial charge is 0.367 e. The molecule has 3 nitrogen and oxygen atoms in total. The van der Waals surface area contributed by atoms with E-state index in [4.69, 9.17) is 11.6 Å². The van der Waals surface area contributed by atoms with Crippen molar-refractivity contribution in [2.45, 2.75) is 20.5 Å². The van der Waals surface area contributed by atoms with E-state index in [1.165, 1.54) is 5.56 Å². The van der Waals surface area contributed by atoms with Crippen molar-refractivity contribution in [1.29, 1.82) is 0 Å². The van der Waals surface area contributed by atoms with Gasteiger partial charge in [0.05, 0.1) is 12.4 Å². The third-order valence-corrected chi connectivity index (χ3v) is 4.64. The molecule has 2 aromatic carbocycles. The Balaban J connectivity index is 2.09. The minimum absolute atomic E-state index is 0.0451. The van der Waals surface area contributed by atoms with Crippen LogP contribution >= 0.6 is 11.6 Å². The van der Waals surface area contributed by atoms with E-state index in [9.17, 15) is 4.79 Å². The second-order valence-electron chi connectivity index (χ2n) is 5.81. The summed E-state index contributed by atoms with van der Waals surface area (Å²) in [7, 11) is 0. The molecule has 0 saturated heterocycles. The van der Waals surface area contributed by atoms with Crippen LogP contribution in [0, 0.1) is 13.8 Å². The third-order valence-electron chi connectivity index (χ3n) is 4.41. The average molecular weight is 311 g/mol. The van der Waals surface area contributed by atoms with Gasteiger partial charge in [-0.3, -0.25) is 9.36 Å².